The van der Waals surface area contributed by atoms with Crippen LogP contribution in [-0.4, -0.2) is 34.3 Å². The molecule has 0 aliphatic carbocycles. The number of carbonyl (C=O) groups is 1. The van der Waals surface area contributed by atoms with Crippen LogP contribution in [0.4, 0.5) is 0 Å². The predicted octanol–water partition coefficient (Wildman–Crippen LogP) is 3.68. The molecule has 1 aromatic carbocycles. The highest BCUT2D eigenvalue weighted by Gasteiger charge is 2.24. The van der Waals surface area contributed by atoms with E-state index < -0.39 is 0 Å². The summed E-state index contributed by atoms with van der Waals surface area (Å²) >= 11 is 9.30. The van der Waals surface area contributed by atoms with Gasteiger partial charge < -0.3 is 10.0 Å². The van der Waals surface area contributed by atoms with Gasteiger partial charge in [-0.2, -0.15) is 0 Å². The minimum atomic E-state index is 0.00109. The third-order valence-electron chi connectivity index (χ3n) is 3.52. The Balaban J connectivity index is 2.08. The van der Waals surface area contributed by atoms with Crippen LogP contribution >= 0.6 is 27.5 Å². The van der Waals surface area contributed by atoms with Crippen molar-refractivity contribution < 1.29 is 9.90 Å². The number of phenols is 1. The van der Waals surface area contributed by atoms with Crippen LogP contribution in [-0.2, 0) is 0 Å². The number of phenolic OH excluding ortho intramolecular Hbond substituents is 1. The Kier molecular flexibility index (Phi) is 5.11. The molecule has 0 saturated carbocycles. The van der Waals surface area contributed by atoms with Crippen molar-refractivity contribution in [1.29, 1.82) is 0 Å². The maximum atomic E-state index is 12.4. The first-order chi connectivity index (χ1) is 9.11. The topological polar surface area (TPSA) is 40.5 Å². The van der Waals surface area contributed by atoms with Gasteiger partial charge in [0.1, 0.15) is 5.75 Å². The van der Waals surface area contributed by atoms with Crippen molar-refractivity contribution in [2.75, 3.05) is 18.4 Å². The molecule has 1 aromatic rings. The second kappa shape index (κ2) is 6.62. The first-order valence-electron chi connectivity index (χ1n) is 6.45. The van der Waals surface area contributed by atoms with E-state index in [1.165, 1.54) is 18.6 Å². The van der Waals surface area contributed by atoms with Gasteiger partial charge >= 0.3 is 0 Å². The van der Waals surface area contributed by atoms with Crippen molar-refractivity contribution >= 4 is 33.4 Å². The molecule has 104 valence electrons. The number of aromatic hydroxyl groups is 1. The summed E-state index contributed by atoms with van der Waals surface area (Å²) in [6, 6.07) is 4.63. The van der Waals surface area contributed by atoms with Crippen molar-refractivity contribution in [1.82, 2.24) is 4.90 Å². The molecule has 1 heterocycles. The van der Waals surface area contributed by atoms with Crippen molar-refractivity contribution in [3.8, 4) is 5.75 Å². The molecule has 1 aliphatic heterocycles. The number of hydrogen-bond donors (Lipinski definition) is 1. The number of likely N-dealkylation sites (tertiary alicyclic amines) is 1. The molecule has 0 radical (unpaired) electrons. The van der Waals surface area contributed by atoms with E-state index in [-0.39, 0.29) is 16.7 Å². The average molecular weight is 347 g/mol. The lowest BCUT2D eigenvalue weighted by Gasteiger charge is -2.32. The van der Waals surface area contributed by atoms with E-state index >= 15 is 0 Å². The highest BCUT2D eigenvalue weighted by Crippen LogP contribution is 2.26. The highest BCUT2D eigenvalue weighted by atomic mass is 79.9. The zero-order valence-electron chi connectivity index (χ0n) is 10.6. The molecule has 0 spiro atoms. The second-order valence-electron chi connectivity index (χ2n) is 4.90. The monoisotopic (exact) mass is 345 g/mol. The summed E-state index contributed by atoms with van der Waals surface area (Å²) in [6.07, 6.45) is 3.33. The number of piperidine rings is 1. The lowest BCUT2D eigenvalue weighted by atomic mass is 9.95. The van der Waals surface area contributed by atoms with Gasteiger partial charge in [-0.1, -0.05) is 27.5 Å². The van der Waals surface area contributed by atoms with E-state index in [1.54, 1.807) is 6.07 Å². The van der Waals surface area contributed by atoms with Crippen LogP contribution in [0, 0.1) is 5.92 Å². The molecule has 1 atom stereocenters. The highest BCUT2D eigenvalue weighted by molar-refractivity contribution is 9.09. The number of rotatable bonds is 3. The van der Waals surface area contributed by atoms with Crippen LogP contribution in [0.1, 0.15) is 29.6 Å². The van der Waals surface area contributed by atoms with Crippen LogP contribution in [0.3, 0.4) is 0 Å². The summed E-state index contributed by atoms with van der Waals surface area (Å²) in [5, 5.41) is 10.6. The van der Waals surface area contributed by atoms with E-state index in [0.29, 0.717) is 11.5 Å². The molecule has 2 rings (SSSR count). The molecule has 0 aromatic heterocycles. The van der Waals surface area contributed by atoms with Gasteiger partial charge in [0, 0.05) is 24.0 Å². The number of alkyl halides is 1. The average Bonchev–Trinajstić information content (AvgIpc) is 2.42. The van der Waals surface area contributed by atoms with Crippen molar-refractivity contribution in [2.24, 2.45) is 5.92 Å². The quantitative estimate of drug-likeness (QED) is 0.848. The molecule has 1 N–H and O–H groups in total. The Morgan fingerprint density at radius 3 is 3.00 bits per heavy atom. The fourth-order valence-corrected chi connectivity index (χ4v) is 3.29. The summed E-state index contributed by atoms with van der Waals surface area (Å²) in [5.41, 5.74) is 0.544. The van der Waals surface area contributed by atoms with E-state index in [9.17, 15) is 9.90 Å². The van der Waals surface area contributed by atoms with Gasteiger partial charge in [-0.25, -0.2) is 0 Å². The molecule has 1 fully saturated rings. The molecular weight excluding hydrogens is 330 g/mol. The summed E-state index contributed by atoms with van der Waals surface area (Å²) < 4.78 is 0. The van der Waals surface area contributed by atoms with Crippen molar-refractivity contribution in [2.45, 2.75) is 19.3 Å². The third kappa shape index (κ3) is 3.63. The predicted molar refractivity (Wildman–Crippen MR) is 80.2 cm³/mol. The molecule has 5 heteroatoms. The maximum Gasteiger partial charge on any atom is 0.253 e. The first-order valence-corrected chi connectivity index (χ1v) is 7.95. The first kappa shape index (κ1) is 14.7. The fourth-order valence-electron chi connectivity index (χ4n) is 2.46. The zero-order valence-corrected chi connectivity index (χ0v) is 13.0. The SMILES string of the molecule is O=C(c1ccc(O)c(Cl)c1)N1CCCC(CCBr)C1. The van der Waals surface area contributed by atoms with E-state index in [4.69, 9.17) is 11.6 Å². The second-order valence-corrected chi connectivity index (χ2v) is 6.10. The summed E-state index contributed by atoms with van der Waals surface area (Å²) in [6.45, 7) is 1.61. The molecule has 3 nitrogen and oxygen atoms in total. The molecule has 1 unspecified atom stereocenters. The van der Waals surface area contributed by atoms with Crippen LogP contribution in [0.15, 0.2) is 18.2 Å². The van der Waals surface area contributed by atoms with Crippen LogP contribution < -0.4 is 0 Å². The molecule has 1 amide bonds. The van der Waals surface area contributed by atoms with Gasteiger partial charge in [-0.05, 0) is 43.4 Å². The molecule has 1 aliphatic rings. The smallest absolute Gasteiger partial charge is 0.253 e. The Bertz CT molecular complexity index is 465. The van der Waals surface area contributed by atoms with E-state index in [0.717, 1.165) is 31.3 Å². The van der Waals surface area contributed by atoms with Gasteiger partial charge in [-0.3, -0.25) is 4.79 Å². The standard InChI is InChI=1S/C14H17BrClNO2/c15-6-5-10-2-1-7-17(9-10)14(19)11-3-4-13(18)12(16)8-11/h3-4,8,10,18H,1-2,5-7,9H2. The lowest BCUT2D eigenvalue weighted by molar-refractivity contribution is 0.0672. The van der Waals surface area contributed by atoms with E-state index in [1.807, 2.05) is 4.90 Å². The minimum Gasteiger partial charge on any atom is -0.506 e. The van der Waals surface area contributed by atoms with E-state index in [2.05, 4.69) is 15.9 Å². The Morgan fingerprint density at radius 1 is 1.53 bits per heavy atom. The van der Waals surface area contributed by atoms with Crippen LogP contribution in [0.5, 0.6) is 5.75 Å². The lowest BCUT2D eigenvalue weighted by Crippen LogP contribution is -2.40. The van der Waals surface area contributed by atoms with Gasteiger partial charge in [-0.15, -0.1) is 0 Å². The van der Waals surface area contributed by atoms with Gasteiger partial charge in [0.15, 0.2) is 0 Å². The molecule has 19 heavy (non-hydrogen) atoms. The minimum absolute atomic E-state index is 0.00109. The maximum absolute atomic E-state index is 12.4. The number of benzene rings is 1. The molecule has 0 bridgehead atoms. The normalized spacial score (nSPS) is 19.5. The molecule has 1 saturated heterocycles. The number of nitrogens with zero attached hydrogens (tertiary/aromatic N) is 1. The van der Waals surface area contributed by atoms with Crippen LogP contribution in [0.2, 0.25) is 5.02 Å². The van der Waals surface area contributed by atoms with Gasteiger partial charge in [0.25, 0.3) is 5.91 Å². The number of hydrogen-bond acceptors (Lipinski definition) is 2. The largest absolute Gasteiger partial charge is 0.506 e. The van der Waals surface area contributed by atoms with Crippen LogP contribution in [0.25, 0.3) is 0 Å². The Hall–Kier alpha value is -0.740. The molecular formula is C14H17BrClNO2. The summed E-state index contributed by atoms with van der Waals surface area (Å²) in [7, 11) is 0. The van der Waals surface area contributed by atoms with Gasteiger partial charge in [0.05, 0.1) is 5.02 Å². The van der Waals surface area contributed by atoms with Crippen molar-refractivity contribution in [3.05, 3.63) is 28.8 Å². The number of halogens is 2. The zero-order chi connectivity index (χ0) is 13.8. The third-order valence-corrected chi connectivity index (χ3v) is 4.28. The Morgan fingerprint density at radius 2 is 2.32 bits per heavy atom. The summed E-state index contributed by atoms with van der Waals surface area (Å²) in [4.78, 5) is 14.3. The number of amides is 1. The Labute approximate surface area is 126 Å². The fraction of sp³-hybridized carbons (Fsp3) is 0.500. The van der Waals surface area contributed by atoms with Crippen molar-refractivity contribution in [3.63, 3.8) is 0 Å². The number of carbonyl (C=O) groups excluding carboxylic acids is 1. The van der Waals surface area contributed by atoms with Gasteiger partial charge in [0.2, 0.25) is 0 Å². The summed E-state index contributed by atoms with van der Waals surface area (Å²) in [5.74, 6) is 0.583.